The summed E-state index contributed by atoms with van der Waals surface area (Å²) in [6.45, 7) is 0.491. The second kappa shape index (κ2) is 5.48. The molecule has 0 saturated carbocycles. The molecule has 0 radical (unpaired) electrons. The molecule has 2 aromatic rings. The maximum absolute atomic E-state index is 9.18. The van der Waals surface area contributed by atoms with E-state index in [0.29, 0.717) is 12.3 Å². The summed E-state index contributed by atoms with van der Waals surface area (Å²) in [5, 5.41) is 9.18. The van der Waals surface area contributed by atoms with Crippen LogP contribution in [0, 0.1) is 0 Å². The molecule has 2 aromatic carbocycles. The lowest BCUT2D eigenvalue weighted by molar-refractivity contribution is 0.276. The number of nitrogens with two attached hydrogens (primary N) is 1. The maximum atomic E-state index is 9.18. The summed E-state index contributed by atoms with van der Waals surface area (Å²) in [4.78, 5) is 0. The molecule has 0 aliphatic carbocycles. The topological polar surface area (TPSA) is 55.5 Å². The summed E-state index contributed by atoms with van der Waals surface area (Å²) >= 11 is 0. The zero-order valence-electron chi connectivity index (χ0n) is 9.47. The van der Waals surface area contributed by atoms with Crippen LogP contribution in [0.2, 0.25) is 0 Å². The lowest BCUT2D eigenvalue weighted by Crippen LogP contribution is -1.96. The van der Waals surface area contributed by atoms with Crippen molar-refractivity contribution < 1.29 is 9.84 Å². The van der Waals surface area contributed by atoms with Crippen molar-refractivity contribution in [1.82, 2.24) is 0 Å². The maximum Gasteiger partial charge on any atom is 0.132 e. The van der Waals surface area contributed by atoms with Crippen LogP contribution in [0.1, 0.15) is 11.1 Å². The van der Waals surface area contributed by atoms with Gasteiger partial charge in [-0.25, -0.2) is 0 Å². The predicted molar refractivity (Wildman–Crippen MR) is 66.8 cm³/mol. The van der Waals surface area contributed by atoms with Gasteiger partial charge in [0.15, 0.2) is 0 Å². The van der Waals surface area contributed by atoms with Gasteiger partial charge in [-0.05, 0) is 23.8 Å². The summed E-state index contributed by atoms with van der Waals surface area (Å²) in [6.07, 6.45) is 0. The van der Waals surface area contributed by atoms with Crippen LogP contribution in [-0.2, 0) is 13.2 Å². The van der Waals surface area contributed by atoms with Gasteiger partial charge in [-0.1, -0.05) is 30.3 Å². The van der Waals surface area contributed by atoms with Crippen LogP contribution in [0.4, 0.5) is 0 Å². The zero-order chi connectivity index (χ0) is 12.1. The molecular formula is C14H15NO2. The fraction of sp³-hybridized carbons (Fsp3) is 0.143. The number of aliphatic hydroxyl groups excluding tert-OH is 1. The van der Waals surface area contributed by atoms with E-state index in [9.17, 15) is 5.11 Å². The molecule has 0 amide bonds. The van der Waals surface area contributed by atoms with E-state index in [1.54, 1.807) is 0 Å². The van der Waals surface area contributed by atoms with E-state index in [2.05, 4.69) is 0 Å². The van der Waals surface area contributed by atoms with Crippen LogP contribution in [0.3, 0.4) is 0 Å². The molecule has 3 N–H and O–H groups in total. The van der Waals surface area contributed by atoms with E-state index in [0.717, 1.165) is 16.9 Å². The van der Waals surface area contributed by atoms with Crippen LogP contribution in [0.25, 0.3) is 0 Å². The second-order valence-electron chi connectivity index (χ2n) is 3.72. The highest BCUT2D eigenvalue weighted by atomic mass is 16.5. The highest BCUT2D eigenvalue weighted by Gasteiger charge is 2.02. The van der Waals surface area contributed by atoms with Crippen LogP contribution >= 0.6 is 0 Å². The Morgan fingerprint density at radius 1 is 1.00 bits per heavy atom. The Balaban J connectivity index is 2.19. The van der Waals surface area contributed by atoms with Gasteiger partial charge < -0.3 is 15.6 Å². The predicted octanol–water partition coefficient (Wildman–Crippen LogP) is 2.43. The highest BCUT2D eigenvalue weighted by molar-refractivity contribution is 5.38. The number of aliphatic hydroxyl groups is 1. The normalized spacial score (nSPS) is 10.2. The zero-order valence-corrected chi connectivity index (χ0v) is 9.47. The molecule has 0 atom stereocenters. The number of benzene rings is 2. The second-order valence-corrected chi connectivity index (χ2v) is 3.72. The molecule has 0 aliphatic heterocycles. The third-order valence-electron chi connectivity index (χ3n) is 2.53. The van der Waals surface area contributed by atoms with Crippen molar-refractivity contribution in [2.24, 2.45) is 5.73 Å². The minimum atomic E-state index is -0.0307. The summed E-state index contributed by atoms with van der Waals surface area (Å²) in [5.74, 6) is 1.42. The van der Waals surface area contributed by atoms with Gasteiger partial charge in [0.2, 0.25) is 0 Å². The molecular weight excluding hydrogens is 214 g/mol. The summed E-state index contributed by atoms with van der Waals surface area (Å²) in [6, 6.07) is 15.0. The van der Waals surface area contributed by atoms with E-state index >= 15 is 0 Å². The Bertz CT molecular complexity index is 480. The van der Waals surface area contributed by atoms with Crippen molar-refractivity contribution in [2.75, 3.05) is 0 Å². The molecule has 0 heterocycles. The van der Waals surface area contributed by atoms with Crippen molar-refractivity contribution in [3.63, 3.8) is 0 Å². The van der Waals surface area contributed by atoms with Gasteiger partial charge in [0.1, 0.15) is 11.5 Å². The quantitative estimate of drug-likeness (QED) is 0.846. The third kappa shape index (κ3) is 2.84. The van der Waals surface area contributed by atoms with Gasteiger partial charge in [-0.2, -0.15) is 0 Å². The Labute approximate surface area is 100 Å². The molecule has 3 nitrogen and oxygen atoms in total. The number of rotatable bonds is 4. The molecule has 0 aliphatic rings. The van der Waals surface area contributed by atoms with E-state index in [1.165, 1.54) is 0 Å². The monoisotopic (exact) mass is 229 g/mol. The molecule has 0 saturated heterocycles. The van der Waals surface area contributed by atoms with Crippen molar-refractivity contribution in [3.8, 4) is 11.5 Å². The number of hydrogen-bond donors (Lipinski definition) is 2. The fourth-order valence-corrected chi connectivity index (χ4v) is 1.55. The highest BCUT2D eigenvalue weighted by Crippen LogP contribution is 2.25. The first-order valence-corrected chi connectivity index (χ1v) is 5.49. The number of ether oxygens (including phenoxy) is 1. The molecule has 17 heavy (non-hydrogen) atoms. The van der Waals surface area contributed by atoms with Gasteiger partial charge in [0.05, 0.1) is 6.61 Å². The Hall–Kier alpha value is -1.84. The molecule has 0 unspecified atom stereocenters. The Morgan fingerprint density at radius 3 is 2.35 bits per heavy atom. The SMILES string of the molecule is NCc1ccc(Oc2ccccc2CO)cc1. The van der Waals surface area contributed by atoms with Crippen LogP contribution in [0.15, 0.2) is 48.5 Å². The van der Waals surface area contributed by atoms with Gasteiger partial charge in [-0.15, -0.1) is 0 Å². The van der Waals surface area contributed by atoms with Gasteiger partial charge >= 0.3 is 0 Å². The molecule has 88 valence electrons. The molecule has 2 rings (SSSR count). The van der Waals surface area contributed by atoms with E-state index in [4.69, 9.17) is 10.5 Å². The third-order valence-corrected chi connectivity index (χ3v) is 2.53. The van der Waals surface area contributed by atoms with E-state index in [-0.39, 0.29) is 6.61 Å². The van der Waals surface area contributed by atoms with E-state index < -0.39 is 0 Å². The van der Waals surface area contributed by atoms with Crippen LogP contribution < -0.4 is 10.5 Å². The van der Waals surface area contributed by atoms with E-state index in [1.807, 2.05) is 48.5 Å². The lowest BCUT2D eigenvalue weighted by Gasteiger charge is -2.09. The van der Waals surface area contributed by atoms with Crippen molar-refractivity contribution in [1.29, 1.82) is 0 Å². The lowest BCUT2D eigenvalue weighted by atomic mass is 10.2. The molecule has 3 heteroatoms. The van der Waals surface area contributed by atoms with Crippen LogP contribution in [-0.4, -0.2) is 5.11 Å². The largest absolute Gasteiger partial charge is 0.457 e. The molecule has 0 spiro atoms. The molecule has 0 aromatic heterocycles. The minimum absolute atomic E-state index is 0.0307. The van der Waals surface area contributed by atoms with Gasteiger partial charge in [0, 0.05) is 12.1 Å². The molecule has 0 fully saturated rings. The minimum Gasteiger partial charge on any atom is -0.457 e. The van der Waals surface area contributed by atoms with Crippen molar-refractivity contribution in [2.45, 2.75) is 13.2 Å². The van der Waals surface area contributed by atoms with Gasteiger partial charge in [0.25, 0.3) is 0 Å². The first-order valence-electron chi connectivity index (χ1n) is 5.49. The first-order chi connectivity index (χ1) is 8.33. The Kier molecular flexibility index (Phi) is 3.75. The standard InChI is InChI=1S/C14H15NO2/c15-9-11-5-7-13(8-6-11)17-14-4-2-1-3-12(14)10-16/h1-8,16H,9-10,15H2. The summed E-state index contributed by atoms with van der Waals surface area (Å²) < 4.78 is 5.70. The van der Waals surface area contributed by atoms with Crippen LogP contribution in [0.5, 0.6) is 11.5 Å². The smallest absolute Gasteiger partial charge is 0.132 e. The summed E-state index contributed by atoms with van der Waals surface area (Å²) in [7, 11) is 0. The van der Waals surface area contributed by atoms with Crippen molar-refractivity contribution in [3.05, 3.63) is 59.7 Å². The Morgan fingerprint density at radius 2 is 1.71 bits per heavy atom. The average Bonchev–Trinajstić information content (AvgIpc) is 2.40. The fourth-order valence-electron chi connectivity index (χ4n) is 1.55. The number of hydrogen-bond acceptors (Lipinski definition) is 3. The van der Waals surface area contributed by atoms with Gasteiger partial charge in [-0.3, -0.25) is 0 Å². The average molecular weight is 229 g/mol. The van der Waals surface area contributed by atoms with Crippen molar-refractivity contribution >= 4 is 0 Å². The number of para-hydroxylation sites is 1. The first kappa shape index (κ1) is 11.6. The molecule has 0 bridgehead atoms. The summed E-state index contributed by atoms with van der Waals surface area (Å²) in [5.41, 5.74) is 7.36.